The van der Waals surface area contributed by atoms with Crippen molar-refractivity contribution in [2.75, 3.05) is 0 Å². The third-order valence-corrected chi connectivity index (χ3v) is 3.39. The van der Waals surface area contributed by atoms with Gasteiger partial charge >= 0.3 is 0 Å². The summed E-state index contributed by atoms with van der Waals surface area (Å²) in [5.74, 6) is 0.973. The Bertz CT molecular complexity index is 138. The van der Waals surface area contributed by atoms with E-state index in [9.17, 15) is 0 Å². The third-order valence-electron chi connectivity index (χ3n) is 3.39. The fraction of sp³-hybridized carbons (Fsp3) is 1.00. The van der Waals surface area contributed by atoms with Crippen molar-refractivity contribution in [3.05, 3.63) is 0 Å². The summed E-state index contributed by atoms with van der Waals surface area (Å²) in [4.78, 5) is 0. The van der Waals surface area contributed by atoms with Gasteiger partial charge in [0.15, 0.2) is 0 Å². The first kappa shape index (κ1) is 12.0. The van der Waals surface area contributed by atoms with Crippen molar-refractivity contribution in [3.63, 3.8) is 0 Å². The summed E-state index contributed by atoms with van der Waals surface area (Å²) in [6, 6.07) is 1.65. The molecule has 1 unspecified atom stereocenters. The van der Waals surface area contributed by atoms with Crippen molar-refractivity contribution in [2.24, 2.45) is 5.92 Å². The monoisotopic (exact) mass is 197 g/mol. The number of unbranched alkanes of at least 4 members (excludes halogenated alkanes) is 1. The molecule has 14 heavy (non-hydrogen) atoms. The van der Waals surface area contributed by atoms with Crippen molar-refractivity contribution in [3.8, 4) is 0 Å². The first-order chi connectivity index (χ1) is 6.76. The van der Waals surface area contributed by atoms with Gasteiger partial charge in [0, 0.05) is 12.1 Å². The maximum Gasteiger partial charge on any atom is 0.00747 e. The highest BCUT2D eigenvalue weighted by molar-refractivity contribution is 4.85. The Hall–Kier alpha value is -0.0400. The van der Waals surface area contributed by atoms with Gasteiger partial charge in [-0.2, -0.15) is 0 Å². The van der Waals surface area contributed by atoms with Crippen LogP contribution in [-0.2, 0) is 0 Å². The van der Waals surface area contributed by atoms with Gasteiger partial charge in [-0.25, -0.2) is 0 Å². The van der Waals surface area contributed by atoms with Crippen LogP contribution in [0, 0.1) is 5.92 Å². The summed E-state index contributed by atoms with van der Waals surface area (Å²) in [5.41, 5.74) is 0. The van der Waals surface area contributed by atoms with Crippen molar-refractivity contribution in [2.45, 2.75) is 77.8 Å². The summed E-state index contributed by atoms with van der Waals surface area (Å²) >= 11 is 0. The molecule has 0 spiro atoms. The highest BCUT2D eigenvalue weighted by Crippen LogP contribution is 2.27. The van der Waals surface area contributed by atoms with E-state index in [1.54, 1.807) is 0 Å². The minimum Gasteiger partial charge on any atom is -0.311 e. The second-order valence-corrected chi connectivity index (χ2v) is 5.07. The fourth-order valence-electron chi connectivity index (χ4n) is 2.48. The molecule has 1 aliphatic carbocycles. The Labute approximate surface area is 89.7 Å². The zero-order chi connectivity index (χ0) is 10.4. The molecule has 0 saturated heterocycles. The Morgan fingerprint density at radius 1 is 1.14 bits per heavy atom. The van der Waals surface area contributed by atoms with Crippen molar-refractivity contribution in [1.82, 2.24) is 5.32 Å². The SMILES string of the molecule is CCCCC(CCC)NC1CC(C)C1. The van der Waals surface area contributed by atoms with Gasteiger partial charge in [0.1, 0.15) is 0 Å². The molecule has 0 aromatic carbocycles. The number of nitrogens with one attached hydrogen (secondary N) is 1. The minimum absolute atomic E-state index is 0.803. The molecule has 1 nitrogen and oxygen atoms in total. The zero-order valence-corrected chi connectivity index (χ0v) is 10.2. The second kappa shape index (κ2) is 6.44. The lowest BCUT2D eigenvalue weighted by molar-refractivity contribution is 0.213. The zero-order valence-electron chi connectivity index (χ0n) is 10.2. The van der Waals surface area contributed by atoms with Crippen LogP contribution in [0.4, 0.5) is 0 Å². The van der Waals surface area contributed by atoms with Crippen molar-refractivity contribution < 1.29 is 0 Å². The molecule has 0 aliphatic heterocycles. The van der Waals surface area contributed by atoms with E-state index in [0.717, 1.165) is 18.0 Å². The van der Waals surface area contributed by atoms with Gasteiger partial charge in [0.25, 0.3) is 0 Å². The molecule has 0 heterocycles. The molecule has 0 radical (unpaired) electrons. The van der Waals surface area contributed by atoms with E-state index in [1.807, 2.05) is 0 Å². The molecule has 84 valence electrons. The molecule has 1 aliphatic rings. The molecule has 1 rings (SSSR count). The molecular formula is C13H27N. The molecule has 0 bridgehead atoms. The smallest absolute Gasteiger partial charge is 0.00747 e. The van der Waals surface area contributed by atoms with Gasteiger partial charge < -0.3 is 5.32 Å². The molecule has 0 amide bonds. The van der Waals surface area contributed by atoms with Crippen LogP contribution in [0.25, 0.3) is 0 Å². The molecule has 1 saturated carbocycles. The van der Waals surface area contributed by atoms with E-state index in [2.05, 4.69) is 26.1 Å². The third kappa shape index (κ3) is 4.00. The van der Waals surface area contributed by atoms with Gasteiger partial charge in [-0.05, 0) is 31.6 Å². The summed E-state index contributed by atoms with van der Waals surface area (Å²) in [5, 5.41) is 3.82. The second-order valence-electron chi connectivity index (χ2n) is 5.07. The van der Waals surface area contributed by atoms with E-state index in [4.69, 9.17) is 0 Å². The summed E-state index contributed by atoms with van der Waals surface area (Å²) in [7, 11) is 0. The molecular weight excluding hydrogens is 170 g/mol. The van der Waals surface area contributed by atoms with E-state index < -0.39 is 0 Å². The predicted molar refractivity (Wildman–Crippen MR) is 63.5 cm³/mol. The molecule has 1 N–H and O–H groups in total. The summed E-state index contributed by atoms with van der Waals surface area (Å²) < 4.78 is 0. The Balaban J connectivity index is 2.14. The number of hydrogen-bond acceptors (Lipinski definition) is 1. The van der Waals surface area contributed by atoms with Crippen LogP contribution in [-0.4, -0.2) is 12.1 Å². The normalized spacial score (nSPS) is 28.5. The van der Waals surface area contributed by atoms with Crippen LogP contribution in [0.5, 0.6) is 0 Å². The maximum atomic E-state index is 3.82. The van der Waals surface area contributed by atoms with Crippen molar-refractivity contribution >= 4 is 0 Å². The van der Waals surface area contributed by atoms with Gasteiger partial charge in [-0.15, -0.1) is 0 Å². The van der Waals surface area contributed by atoms with Gasteiger partial charge in [-0.1, -0.05) is 40.0 Å². The molecule has 0 aromatic heterocycles. The highest BCUT2D eigenvalue weighted by atomic mass is 15.0. The number of hydrogen-bond donors (Lipinski definition) is 1. The van der Waals surface area contributed by atoms with Crippen molar-refractivity contribution in [1.29, 1.82) is 0 Å². The predicted octanol–water partition coefficient (Wildman–Crippen LogP) is 3.73. The Morgan fingerprint density at radius 2 is 1.86 bits per heavy atom. The molecule has 0 aromatic rings. The minimum atomic E-state index is 0.803. The first-order valence-electron chi connectivity index (χ1n) is 6.52. The quantitative estimate of drug-likeness (QED) is 0.655. The maximum absolute atomic E-state index is 3.82. The van der Waals surface area contributed by atoms with Crippen LogP contribution < -0.4 is 5.32 Å². The van der Waals surface area contributed by atoms with Gasteiger partial charge in [0.2, 0.25) is 0 Å². The van der Waals surface area contributed by atoms with E-state index in [0.29, 0.717) is 0 Å². The fourth-order valence-corrected chi connectivity index (χ4v) is 2.48. The van der Waals surface area contributed by atoms with Gasteiger partial charge in [0.05, 0.1) is 0 Å². The van der Waals surface area contributed by atoms with Crippen LogP contribution in [0.15, 0.2) is 0 Å². The summed E-state index contributed by atoms with van der Waals surface area (Å²) in [6.45, 7) is 6.94. The Morgan fingerprint density at radius 3 is 2.36 bits per heavy atom. The summed E-state index contributed by atoms with van der Waals surface area (Å²) in [6.07, 6.45) is 9.62. The standard InChI is InChI=1S/C13H27N/c1-4-6-8-12(7-5-2)14-13-9-11(3)10-13/h11-14H,4-10H2,1-3H3. The number of rotatable bonds is 7. The van der Waals surface area contributed by atoms with E-state index >= 15 is 0 Å². The largest absolute Gasteiger partial charge is 0.311 e. The van der Waals surface area contributed by atoms with Crippen LogP contribution in [0.3, 0.4) is 0 Å². The molecule has 1 atom stereocenters. The lowest BCUT2D eigenvalue weighted by atomic mass is 9.81. The highest BCUT2D eigenvalue weighted by Gasteiger charge is 2.26. The molecule has 1 fully saturated rings. The lowest BCUT2D eigenvalue weighted by Gasteiger charge is -2.36. The van der Waals surface area contributed by atoms with Crippen LogP contribution >= 0.6 is 0 Å². The topological polar surface area (TPSA) is 12.0 Å². The lowest BCUT2D eigenvalue weighted by Crippen LogP contribution is -2.45. The molecule has 1 heteroatoms. The Kier molecular flexibility index (Phi) is 5.54. The first-order valence-corrected chi connectivity index (χ1v) is 6.52. The average Bonchev–Trinajstić information content (AvgIpc) is 2.12. The van der Waals surface area contributed by atoms with E-state index in [1.165, 1.54) is 44.9 Å². The van der Waals surface area contributed by atoms with E-state index in [-0.39, 0.29) is 0 Å². The van der Waals surface area contributed by atoms with Crippen LogP contribution in [0.2, 0.25) is 0 Å². The van der Waals surface area contributed by atoms with Crippen LogP contribution in [0.1, 0.15) is 65.7 Å². The van der Waals surface area contributed by atoms with Gasteiger partial charge in [-0.3, -0.25) is 0 Å². The average molecular weight is 197 g/mol.